The van der Waals surface area contributed by atoms with Gasteiger partial charge >= 0.3 is 0 Å². The monoisotopic (exact) mass is 520 g/mol. The Hall–Kier alpha value is -4.18. The number of nitrogens with zero attached hydrogens (tertiary/aromatic N) is 4. The number of likely N-dealkylation sites (N-methyl/N-ethyl adjacent to an activating group) is 1. The topological polar surface area (TPSA) is 92.2 Å². The van der Waals surface area contributed by atoms with Crippen LogP contribution in [0.1, 0.15) is 29.3 Å². The van der Waals surface area contributed by atoms with Crippen LogP contribution in [0.5, 0.6) is 0 Å². The number of hydrogen-bond donors (Lipinski definition) is 2. The van der Waals surface area contributed by atoms with Crippen molar-refractivity contribution in [1.29, 1.82) is 0 Å². The molecular weight excluding hydrogens is 490 g/mol. The molecule has 0 aliphatic carbocycles. The van der Waals surface area contributed by atoms with Gasteiger partial charge in [-0.25, -0.2) is 13.8 Å². The lowest BCUT2D eigenvalue weighted by molar-refractivity contribution is 0.0953. The third-order valence-electron chi connectivity index (χ3n) is 6.04. The van der Waals surface area contributed by atoms with E-state index in [0.29, 0.717) is 41.8 Å². The second-order valence-electron chi connectivity index (χ2n) is 9.23. The molecule has 2 heterocycles. The molecule has 0 atom stereocenters. The molecule has 0 saturated heterocycles. The van der Waals surface area contributed by atoms with Crippen LogP contribution in [-0.4, -0.2) is 59.1 Å². The van der Waals surface area contributed by atoms with Gasteiger partial charge in [0.1, 0.15) is 17.3 Å². The number of aromatic nitrogens is 3. The number of para-hydroxylation sites is 1. The Balaban J connectivity index is 2.00. The summed E-state index contributed by atoms with van der Waals surface area (Å²) in [6.45, 7) is 5.55. The number of amides is 1. The first kappa shape index (κ1) is 26.9. The third-order valence-corrected chi connectivity index (χ3v) is 6.04. The molecule has 0 saturated carbocycles. The SMILES string of the molecule is CCCNC(=O)c1ccc(C)c(-c2nc(NCCN(C)C)nc3c2ccc(=O)n3-c2c(F)cccc2F)c1. The predicted molar refractivity (Wildman–Crippen MR) is 145 cm³/mol. The van der Waals surface area contributed by atoms with Crippen molar-refractivity contribution >= 4 is 22.9 Å². The summed E-state index contributed by atoms with van der Waals surface area (Å²) < 4.78 is 30.6. The maximum Gasteiger partial charge on any atom is 0.256 e. The maximum atomic E-state index is 14.9. The van der Waals surface area contributed by atoms with Crippen molar-refractivity contribution in [3.05, 3.63) is 81.6 Å². The minimum absolute atomic E-state index is 0.0408. The number of aryl methyl sites for hydroxylation is 1. The first-order valence-corrected chi connectivity index (χ1v) is 12.4. The van der Waals surface area contributed by atoms with Crippen LogP contribution in [0.4, 0.5) is 14.7 Å². The summed E-state index contributed by atoms with van der Waals surface area (Å²) in [4.78, 5) is 36.9. The zero-order valence-corrected chi connectivity index (χ0v) is 21.8. The fraction of sp³-hybridized carbons (Fsp3) is 0.286. The van der Waals surface area contributed by atoms with Crippen molar-refractivity contribution < 1.29 is 13.6 Å². The van der Waals surface area contributed by atoms with Crippen molar-refractivity contribution in [1.82, 2.24) is 24.8 Å². The highest BCUT2D eigenvalue weighted by Crippen LogP contribution is 2.31. The molecule has 2 aromatic carbocycles. The molecule has 0 aliphatic heterocycles. The van der Waals surface area contributed by atoms with Gasteiger partial charge in [-0.3, -0.25) is 14.2 Å². The van der Waals surface area contributed by atoms with Gasteiger partial charge in [0.05, 0.1) is 5.69 Å². The fourth-order valence-corrected chi connectivity index (χ4v) is 4.07. The van der Waals surface area contributed by atoms with E-state index < -0.39 is 22.9 Å². The number of anilines is 1. The van der Waals surface area contributed by atoms with Gasteiger partial charge in [0, 0.05) is 42.2 Å². The summed E-state index contributed by atoms with van der Waals surface area (Å²) in [5, 5.41) is 6.41. The molecule has 4 rings (SSSR count). The summed E-state index contributed by atoms with van der Waals surface area (Å²) in [6, 6.07) is 11.4. The van der Waals surface area contributed by atoms with Crippen molar-refractivity contribution in [3.8, 4) is 16.9 Å². The Kier molecular flexibility index (Phi) is 8.11. The van der Waals surface area contributed by atoms with Crippen molar-refractivity contribution in [2.45, 2.75) is 20.3 Å². The van der Waals surface area contributed by atoms with Crippen molar-refractivity contribution in [3.63, 3.8) is 0 Å². The van der Waals surface area contributed by atoms with Gasteiger partial charge in [-0.05, 0) is 63.3 Å². The summed E-state index contributed by atoms with van der Waals surface area (Å²) in [5.74, 6) is -1.83. The Labute approximate surface area is 219 Å². The van der Waals surface area contributed by atoms with Gasteiger partial charge in [0.25, 0.3) is 11.5 Å². The first-order chi connectivity index (χ1) is 18.2. The first-order valence-electron chi connectivity index (χ1n) is 12.4. The normalized spacial score (nSPS) is 11.2. The summed E-state index contributed by atoms with van der Waals surface area (Å²) >= 11 is 0. The number of fused-ring (bicyclic) bond motifs is 1. The number of hydrogen-bond acceptors (Lipinski definition) is 6. The van der Waals surface area contributed by atoms with Gasteiger partial charge in [-0.15, -0.1) is 0 Å². The fourth-order valence-electron chi connectivity index (χ4n) is 4.07. The highest BCUT2D eigenvalue weighted by atomic mass is 19.1. The third kappa shape index (κ3) is 5.55. The summed E-state index contributed by atoms with van der Waals surface area (Å²) in [6.07, 6.45) is 0.799. The van der Waals surface area contributed by atoms with Crippen LogP contribution >= 0.6 is 0 Å². The smallest absolute Gasteiger partial charge is 0.256 e. The second kappa shape index (κ2) is 11.5. The quantitative estimate of drug-likeness (QED) is 0.345. The number of carbonyl (C=O) groups excluding carboxylic acids is 1. The number of halogens is 2. The van der Waals surface area contributed by atoms with Gasteiger partial charge in [-0.2, -0.15) is 4.98 Å². The molecule has 0 bridgehead atoms. The Morgan fingerprint density at radius 3 is 2.45 bits per heavy atom. The summed E-state index contributed by atoms with van der Waals surface area (Å²) in [5.41, 5.74) is 1.21. The lowest BCUT2D eigenvalue weighted by Gasteiger charge is -2.17. The van der Waals surface area contributed by atoms with Crippen LogP contribution in [0.15, 0.2) is 53.3 Å². The molecule has 1 amide bonds. The molecule has 198 valence electrons. The molecule has 0 aliphatic rings. The summed E-state index contributed by atoms with van der Waals surface area (Å²) in [7, 11) is 3.84. The number of nitrogens with one attached hydrogen (secondary N) is 2. The van der Waals surface area contributed by atoms with E-state index in [-0.39, 0.29) is 17.5 Å². The molecule has 8 nitrogen and oxygen atoms in total. The molecule has 2 aromatic heterocycles. The number of rotatable bonds is 9. The molecule has 2 N–H and O–H groups in total. The molecule has 0 radical (unpaired) electrons. The number of carbonyl (C=O) groups is 1. The van der Waals surface area contributed by atoms with E-state index in [1.807, 2.05) is 38.9 Å². The van der Waals surface area contributed by atoms with Crippen LogP contribution in [0.2, 0.25) is 0 Å². The van der Waals surface area contributed by atoms with E-state index in [4.69, 9.17) is 4.98 Å². The largest absolute Gasteiger partial charge is 0.353 e. The molecule has 10 heteroatoms. The van der Waals surface area contributed by atoms with E-state index in [0.717, 1.165) is 28.7 Å². The molecule has 0 fully saturated rings. The van der Waals surface area contributed by atoms with E-state index in [1.165, 1.54) is 18.2 Å². The van der Waals surface area contributed by atoms with E-state index in [2.05, 4.69) is 15.6 Å². The number of benzene rings is 2. The van der Waals surface area contributed by atoms with E-state index in [1.54, 1.807) is 12.1 Å². The molecular formula is C28H30F2N6O2. The standard InChI is InChI=1S/C28H30F2N6O2/c1-5-13-31-27(38)18-10-9-17(2)20(16-18)24-19-11-12-23(37)36(25-21(29)7-6-8-22(25)30)26(19)34-28(33-24)32-14-15-35(3)4/h6-12,16H,5,13-15H2,1-4H3,(H,31,38)(H,32,33,34). The van der Waals surface area contributed by atoms with E-state index >= 15 is 0 Å². The zero-order valence-electron chi connectivity index (χ0n) is 21.8. The highest BCUT2D eigenvalue weighted by Gasteiger charge is 2.21. The van der Waals surface area contributed by atoms with Crippen LogP contribution in [0.25, 0.3) is 28.0 Å². The molecule has 0 spiro atoms. The minimum atomic E-state index is -0.896. The van der Waals surface area contributed by atoms with Gasteiger partial charge in [0.2, 0.25) is 5.95 Å². The molecule has 4 aromatic rings. The average Bonchev–Trinajstić information content (AvgIpc) is 2.88. The van der Waals surface area contributed by atoms with Gasteiger partial charge < -0.3 is 15.5 Å². The molecule has 38 heavy (non-hydrogen) atoms. The maximum absolute atomic E-state index is 14.9. The predicted octanol–water partition coefficient (Wildman–Crippen LogP) is 4.15. The van der Waals surface area contributed by atoms with Crippen LogP contribution in [0, 0.1) is 18.6 Å². The Morgan fingerprint density at radius 2 is 1.76 bits per heavy atom. The zero-order chi connectivity index (χ0) is 27.4. The Bertz CT molecular complexity index is 1530. The second-order valence-corrected chi connectivity index (χ2v) is 9.23. The van der Waals surface area contributed by atoms with Crippen molar-refractivity contribution in [2.24, 2.45) is 0 Å². The average molecular weight is 521 g/mol. The lowest BCUT2D eigenvalue weighted by Crippen LogP contribution is -2.24. The minimum Gasteiger partial charge on any atom is -0.353 e. The number of pyridine rings is 1. The van der Waals surface area contributed by atoms with Crippen LogP contribution in [0.3, 0.4) is 0 Å². The highest BCUT2D eigenvalue weighted by molar-refractivity contribution is 5.98. The Morgan fingerprint density at radius 1 is 1.03 bits per heavy atom. The lowest BCUT2D eigenvalue weighted by atomic mass is 9.99. The van der Waals surface area contributed by atoms with Crippen molar-refractivity contribution in [2.75, 3.05) is 39.0 Å². The van der Waals surface area contributed by atoms with E-state index in [9.17, 15) is 18.4 Å². The van der Waals surface area contributed by atoms with Gasteiger partial charge in [-0.1, -0.05) is 19.1 Å². The molecule has 0 unspecified atom stereocenters. The van der Waals surface area contributed by atoms with Crippen LogP contribution in [-0.2, 0) is 0 Å². The van der Waals surface area contributed by atoms with Gasteiger partial charge in [0.15, 0.2) is 5.65 Å². The van der Waals surface area contributed by atoms with Crippen LogP contribution < -0.4 is 16.2 Å².